The van der Waals surface area contributed by atoms with Crippen LogP contribution in [-0.2, 0) is 25.5 Å². The first-order valence-corrected chi connectivity index (χ1v) is 15.5. The van der Waals surface area contributed by atoms with Gasteiger partial charge in [0, 0.05) is 24.4 Å². The fraction of sp³-hybridized carbons (Fsp3) is 0.405. The summed E-state index contributed by atoms with van der Waals surface area (Å²) in [7, 11) is 3.11. The Labute approximate surface area is 269 Å². The number of nitrogens with zero attached hydrogens (tertiary/aromatic N) is 1. The Bertz CT molecular complexity index is 1280. The summed E-state index contributed by atoms with van der Waals surface area (Å²) in [5.41, 5.74) is 9.02. The van der Waals surface area contributed by atoms with Crippen LogP contribution in [0.2, 0.25) is 0 Å². The number of nitrogens with one attached hydrogen (secondary N) is 1. The highest BCUT2D eigenvalue weighted by Crippen LogP contribution is 2.27. The molecule has 0 bridgehead atoms. The first-order valence-electron chi connectivity index (χ1n) is 15.5. The number of hydrogen-bond donors (Lipinski definition) is 3. The number of rotatable bonds is 12. The monoisotopic (exact) mass is 617 g/mol. The lowest BCUT2D eigenvalue weighted by Gasteiger charge is -2.26. The molecule has 0 spiro atoms. The van der Waals surface area contributed by atoms with Gasteiger partial charge in [-0.15, -0.1) is 0 Å². The number of aliphatic carboxylic acids is 1. The maximum Gasteiger partial charge on any atom is 0.303 e. The van der Waals surface area contributed by atoms with Crippen LogP contribution in [0.1, 0.15) is 81.2 Å². The van der Waals surface area contributed by atoms with Gasteiger partial charge in [0.05, 0.1) is 13.4 Å². The Morgan fingerprint density at radius 2 is 1.76 bits per heavy atom. The summed E-state index contributed by atoms with van der Waals surface area (Å²) < 4.78 is 4.90. The molecule has 3 rings (SSSR count). The van der Waals surface area contributed by atoms with Crippen molar-refractivity contribution in [2.24, 2.45) is 22.6 Å². The van der Waals surface area contributed by atoms with E-state index in [1.54, 1.807) is 13.4 Å². The standard InChI is InChI=1S/C35H44N2O4.CH5N.CH2O/c1-5-31(29-17-14-27(15-18-29)16-19-34(39)40)36-33-23-26(3)21-25(2)22-32(38)35(37-33)30-13-10-12-28(24-30)11-8-6-7-9-20-41-4;2*1-2/h6-15,17-18,20,24-26,31,33,36H,5,16,19,21-23H2,1-4H3,(H,39,40);2H2,1H3;1H2/b7-6-,11-8-,20-9+,37-35-;;. The maximum absolute atomic E-state index is 13.6. The van der Waals surface area contributed by atoms with Gasteiger partial charge in [0.1, 0.15) is 18.7 Å². The third-order valence-electron chi connectivity index (χ3n) is 7.32. The molecule has 1 aliphatic rings. The number of carbonyl (C=O) groups is 3. The molecule has 0 saturated heterocycles. The smallest absolute Gasteiger partial charge is 0.303 e. The minimum atomic E-state index is -0.789. The third kappa shape index (κ3) is 14.5. The molecule has 2 aromatic carbocycles. The highest BCUT2D eigenvalue weighted by atomic mass is 16.5. The number of Topliss-reactive ketones (excluding diaryl/α,β-unsaturated/α-hetero) is 1. The van der Waals surface area contributed by atoms with Crippen LogP contribution >= 0.6 is 0 Å². The van der Waals surface area contributed by atoms with Gasteiger partial charge in [-0.2, -0.15) is 0 Å². The Kier molecular flexibility index (Phi) is 19.3. The molecule has 0 aromatic heterocycles. The molecule has 0 saturated carbocycles. The maximum atomic E-state index is 13.6. The van der Waals surface area contributed by atoms with Crippen molar-refractivity contribution in [1.82, 2.24) is 5.32 Å². The Morgan fingerprint density at radius 1 is 1.07 bits per heavy atom. The van der Waals surface area contributed by atoms with Crippen molar-refractivity contribution >= 4 is 30.3 Å². The van der Waals surface area contributed by atoms with Crippen molar-refractivity contribution in [3.8, 4) is 0 Å². The second-order valence-corrected chi connectivity index (χ2v) is 11.0. The second kappa shape index (κ2) is 22.4. The minimum Gasteiger partial charge on any atom is -0.504 e. The molecular weight excluding hydrogens is 566 g/mol. The number of ketones is 1. The molecule has 244 valence electrons. The van der Waals surface area contributed by atoms with Gasteiger partial charge in [-0.3, -0.25) is 19.9 Å². The fourth-order valence-electron chi connectivity index (χ4n) is 5.34. The van der Waals surface area contributed by atoms with Crippen LogP contribution in [0.25, 0.3) is 6.08 Å². The minimum absolute atomic E-state index is 0.0622. The molecule has 8 nitrogen and oxygen atoms in total. The highest BCUT2D eigenvalue weighted by Gasteiger charge is 2.26. The third-order valence-corrected chi connectivity index (χ3v) is 7.32. The molecule has 1 heterocycles. The molecule has 4 unspecified atom stereocenters. The van der Waals surface area contributed by atoms with Crippen LogP contribution < -0.4 is 11.1 Å². The average Bonchev–Trinajstić information content (AvgIpc) is 3.09. The van der Waals surface area contributed by atoms with Crippen LogP contribution in [0, 0.1) is 11.8 Å². The zero-order chi connectivity index (χ0) is 33.6. The van der Waals surface area contributed by atoms with Crippen LogP contribution in [0.5, 0.6) is 0 Å². The summed E-state index contributed by atoms with van der Waals surface area (Å²) in [6, 6.07) is 16.2. The number of nitrogens with two attached hydrogens (primary N) is 1. The lowest BCUT2D eigenvalue weighted by molar-refractivity contribution is -0.137. The second-order valence-electron chi connectivity index (χ2n) is 11.0. The number of carboxylic acid groups (broad SMARTS) is 1. The molecule has 4 N–H and O–H groups in total. The molecule has 4 atom stereocenters. The van der Waals surface area contributed by atoms with E-state index in [2.05, 4.69) is 44.0 Å². The number of methoxy groups -OCH3 is 1. The molecule has 8 heteroatoms. The first-order chi connectivity index (χ1) is 21.8. The van der Waals surface area contributed by atoms with Crippen molar-refractivity contribution in [2.45, 2.75) is 71.5 Å². The topological polar surface area (TPSA) is 131 Å². The fourth-order valence-corrected chi connectivity index (χ4v) is 5.34. The van der Waals surface area contributed by atoms with Gasteiger partial charge >= 0.3 is 5.97 Å². The van der Waals surface area contributed by atoms with E-state index < -0.39 is 5.97 Å². The van der Waals surface area contributed by atoms with Crippen LogP contribution in [0.3, 0.4) is 0 Å². The Hall–Kier alpha value is -4.14. The summed E-state index contributed by atoms with van der Waals surface area (Å²) in [6.07, 6.45) is 14.8. The van der Waals surface area contributed by atoms with E-state index in [4.69, 9.17) is 19.6 Å². The van der Waals surface area contributed by atoms with Crippen molar-refractivity contribution < 1.29 is 24.2 Å². The van der Waals surface area contributed by atoms with Crippen molar-refractivity contribution in [1.29, 1.82) is 0 Å². The molecular formula is C37H51N3O5. The van der Waals surface area contributed by atoms with E-state index in [1.807, 2.05) is 73.6 Å². The highest BCUT2D eigenvalue weighted by molar-refractivity contribution is 6.46. The number of ether oxygens (including phenoxy) is 1. The van der Waals surface area contributed by atoms with Crippen molar-refractivity contribution in [2.75, 3.05) is 14.2 Å². The summed E-state index contributed by atoms with van der Waals surface area (Å²) in [4.78, 5) is 37.6. The van der Waals surface area contributed by atoms with Gasteiger partial charge in [0.2, 0.25) is 0 Å². The van der Waals surface area contributed by atoms with E-state index in [9.17, 15) is 9.59 Å². The first kappa shape index (κ1) is 38.9. The largest absolute Gasteiger partial charge is 0.504 e. The SMILES string of the molecule is C=O.CCC(NC1CC(C)CC(C)CC(=O)/C(c2cccc(\C=C/C=C\C=C\OC)c2)=N\1)c1ccc(CCC(=O)O)cc1.CN. The van der Waals surface area contributed by atoms with Gasteiger partial charge in [-0.05, 0) is 73.4 Å². The number of aliphatic imine (C=N–C) groups is 1. The quantitative estimate of drug-likeness (QED) is 0.178. The zero-order valence-corrected chi connectivity index (χ0v) is 27.4. The van der Waals surface area contributed by atoms with Crippen LogP contribution in [0.4, 0.5) is 0 Å². The van der Waals surface area contributed by atoms with Crippen LogP contribution in [-0.4, -0.2) is 49.7 Å². The number of benzene rings is 2. The van der Waals surface area contributed by atoms with Gasteiger partial charge in [0.15, 0.2) is 5.78 Å². The number of allylic oxidation sites excluding steroid dienone is 4. The Balaban J connectivity index is 0.00000243. The zero-order valence-electron chi connectivity index (χ0n) is 27.4. The lowest BCUT2D eigenvalue weighted by atomic mass is 9.89. The summed E-state index contributed by atoms with van der Waals surface area (Å²) >= 11 is 0. The van der Waals surface area contributed by atoms with Crippen LogP contribution in [0.15, 0.2) is 84.1 Å². The van der Waals surface area contributed by atoms with Gasteiger partial charge in [-0.25, -0.2) is 0 Å². The summed E-state index contributed by atoms with van der Waals surface area (Å²) in [6.45, 7) is 8.54. The number of hydrogen-bond acceptors (Lipinski definition) is 7. The molecule has 1 aliphatic heterocycles. The van der Waals surface area contributed by atoms with E-state index in [0.29, 0.717) is 24.5 Å². The molecule has 0 aliphatic carbocycles. The summed E-state index contributed by atoms with van der Waals surface area (Å²) in [5.74, 6) is 0.000380. The van der Waals surface area contributed by atoms with Gasteiger partial charge in [-0.1, -0.05) is 87.5 Å². The predicted molar refractivity (Wildman–Crippen MR) is 184 cm³/mol. The van der Waals surface area contributed by atoms with Crippen molar-refractivity contribution in [3.05, 3.63) is 101 Å². The van der Waals surface area contributed by atoms with E-state index in [0.717, 1.165) is 41.5 Å². The molecule has 0 amide bonds. The molecule has 2 aromatic rings. The van der Waals surface area contributed by atoms with Gasteiger partial charge in [0.25, 0.3) is 0 Å². The normalized spacial score (nSPS) is 20.5. The van der Waals surface area contributed by atoms with E-state index in [1.165, 1.54) is 7.05 Å². The van der Waals surface area contributed by atoms with E-state index in [-0.39, 0.29) is 30.3 Å². The average molecular weight is 618 g/mol. The lowest BCUT2D eigenvalue weighted by Crippen LogP contribution is -2.34. The molecule has 45 heavy (non-hydrogen) atoms. The van der Waals surface area contributed by atoms with Crippen molar-refractivity contribution in [3.63, 3.8) is 0 Å². The predicted octanol–water partition coefficient (Wildman–Crippen LogP) is 6.70. The molecule has 0 fully saturated rings. The number of aryl methyl sites for hydroxylation is 1. The summed E-state index contributed by atoms with van der Waals surface area (Å²) in [5, 5.41) is 12.7. The van der Waals surface area contributed by atoms with Gasteiger partial charge < -0.3 is 20.4 Å². The Morgan fingerprint density at radius 3 is 2.40 bits per heavy atom. The number of carboxylic acids is 1. The number of carbonyl (C=O) groups excluding carboxylic acids is 2. The molecule has 0 radical (unpaired) electrons. The van der Waals surface area contributed by atoms with E-state index >= 15 is 0 Å².